The van der Waals surface area contributed by atoms with Gasteiger partial charge in [0.25, 0.3) is 0 Å². The molecule has 0 atom stereocenters. The smallest absolute Gasteiger partial charge is 0.243 e. The fourth-order valence-corrected chi connectivity index (χ4v) is 0.332. The van der Waals surface area contributed by atoms with E-state index in [0.717, 1.165) is 6.61 Å². The van der Waals surface area contributed by atoms with Crippen molar-refractivity contribution in [2.75, 3.05) is 6.54 Å². The molecule has 0 aromatic heterocycles. The van der Waals surface area contributed by atoms with Crippen molar-refractivity contribution >= 4 is 5.91 Å². The minimum absolute atomic E-state index is 0.211. The third kappa shape index (κ3) is 5.03. The molecular formula is C6H10NO2. The van der Waals surface area contributed by atoms with E-state index in [0.29, 0.717) is 13.0 Å². The Morgan fingerprint density at radius 3 is 2.89 bits per heavy atom. The molecule has 0 spiro atoms. The van der Waals surface area contributed by atoms with Gasteiger partial charge in [-0.15, -0.1) is 0 Å². The number of hydrogen-bond donors (Lipinski definition) is 2. The third-order valence-corrected chi connectivity index (χ3v) is 0.758. The Kier molecular flexibility index (Phi) is 4.82. The quantitative estimate of drug-likeness (QED) is 0.420. The minimum Gasteiger partial charge on any atom is -0.390 e. The van der Waals surface area contributed by atoms with Gasteiger partial charge in [0.05, 0.1) is 6.61 Å². The van der Waals surface area contributed by atoms with E-state index in [-0.39, 0.29) is 5.91 Å². The maximum atomic E-state index is 10.4. The van der Waals surface area contributed by atoms with Crippen molar-refractivity contribution in [2.45, 2.75) is 6.42 Å². The summed E-state index contributed by atoms with van der Waals surface area (Å²) in [6.07, 6.45) is 1.66. The van der Waals surface area contributed by atoms with Crippen LogP contribution in [-0.4, -0.2) is 17.6 Å². The molecule has 0 aliphatic rings. The Bertz CT molecular complexity index is 101. The van der Waals surface area contributed by atoms with E-state index < -0.39 is 0 Å². The second-order valence-corrected chi connectivity index (χ2v) is 1.47. The monoisotopic (exact) mass is 128 g/mol. The molecular weight excluding hydrogens is 118 g/mol. The van der Waals surface area contributed by atoms with E-state index in [9.17, 15) is 4.79 Å². The minimum atomic E-state index is -0.211. The highest BCUT2D eigenvalue weighted by molar-refractivity contribution is 5.86. The summed E-state index contributed by atoms with van der Waals surface area (Å²) in [6, 6.07) is 0. The first kappa shape index (κ1) is 8.17. The maximum Gasteiger partial charge on any atom is 0.243 e. The molecule has 1 amide bonds. The molecule has 0 rings (SSSR count). The largest absolute Gasteiger partial charge is 0.390 e. The van der Waals surface area contributed by atoms with Crippen LogP contribution in [0.25, 0.3) is 0 Å². The lowest BCUT2D eigenvalue weighted by Gasteiger charge is -1.96. The molecule has 0 aliphatic carbocycles. The molecule has 51 valence electrons. The highest BCUT2D eigenvalue weighted by Gasteiger charge is 1.89. The fourth-order valence-electron chi connectivity index (χ4n) is 0.332. The van der Waals surface area contributed by atoms with Crippen molar-refractivity contribution < 1.29 is 9.90 Å². The molecule has 0 fully saturated rings. The molecule has 0 bridgehead atoms. The second-order valence-electron chi connectivity index (χ2n) is 1.47. The number of carbonyl (C=O) groups is 1. The fraction of sp³-hybridized carbons (Fsp3) is 0.333. The van der Waals surface area contributed by atoms with Crippen LogP contribution in [0.3, 0.4) is 0 Å². The SMILES string of the molecule is C=CC(=O)NCC[CH]O. The van der Waals surface area contributed by atoms with Crippen LogP contribution in [0.5, 0.6) is 0 Å². The molecule has 0 aromatic rings. The number of carbonyl (C=O) groups excluding carboxylic acids is 1. The van der Waals surface area contributed by atoms with Crippen molar-refractivity contribution in [3.8, 4) is 0 Å². The molecule has 0 heterocycles. The van der Waals surface area contributed by atoms with Gasteiger partial charge >= 0.3 is 0 Å². The highest BCUT2D eigenvalue weighted by atomic mass is 16.3. The number of aliphatic hydroxyl groups is 1. The van der Waals surface area contributed by atoms with Crippen molar-refractivity contribution in [1.29, 1.82) is 0 Å². The van der Waals surface area contributed by atoms with Gasteiger partial charge in [0.15, 0.2) is 0 Å². The van der Waals surface area contributed by atoms with Crippen molar-refractivity contribution in [2.24, 2.45) is 0 Å². The van der Waals surface area contributed by atoms with Gasteiger partial charge in [-0.1, -0.05) is 6.58 Å². The van der Waals surface area contributed by atoms with Crippen LogP contribution in [-0.2, 0) is 4.79 Å². The average Bonchev–Trinajstić information content (AvgIpc) is 1.89. The molecule has 0 saturated heterocycles. The zero-order valence-electron chi connectivity index (χ0n) is 5.13. The summed E-state index contributed by atoms with van der Waals surface area (Å²) in [5, 5.41) is 10.6. The Hall–Kier alpha value is -0.830. The number of hydrogen-bond acceptors (Lipinski definition) is 2. The van der Waals surface area contributed by atoms with Gasteiger partial charge in [0, 0.05) is 6.54 Å². The Morgan fingerprint density at radius 1 is 1.78 bits per heavy atom. The zero-order chi connectivity index (χ0) is 7.11. The molecule has 1 radical (unpaired) electrons. The normalized spacial score (nSPS) is 8.56. The van der Waals surface area contributed by atoms with E-state index in [1.54, 1.807) is 0 Å². The van der Waals surface area contributed by atoms with Gasteiger partial charge in [0.1, 0.15) is 0 Å². The Labute approximate surface area is 54.4 Å². The standard InChI is InChI=1S/C6H10NO2/c1-2-6(9)7-4-3-5-8/h2,5,8H,1,3-4H2,(H,7,9). The predicted molar refractivity (Wildman–Crippen MR) is 34.1 cm³/mol. The van der Waals surface area contributed by atoms with Crippen molar-refractivity contribution in [3.63, 3.8) is 0 Å². The van der Waals surface area contributed by atoms with Crippen LogP contribution in [0.1, 0.15) is 6.42 Å². The maximum absolute atomic E-state index is 10.4. The summed E-state index contributed by atoms with van der Waals surface area (Å²) in [7, 11) is 0. The first-order chi connectivity index (χ1) is 4.31. The molecule has 0 aromatic carbocycles. The lowest BCUT2D eigenvalue weighted by molar-refractivity contribution is -0.116. The number of rotatable bonds is 4. The van der Waals surface area contributed by atoms with E-state index in [4.69, 9.17) is 5.11 Å². The lowest BCUT2D eigenvalue weighted by Crippen LogP contribution is -2.21. The molecule has 0 saturated carbocycles. The number of amides is 1. The van der Waals surface area contributed by atoms with Gasteiger partial charge in [-0.3, -0.25) is 4.79 Å². The van der Waals surface area contributed by atoms with Crippen LogP contribution in [0.15, 0.2) is 12.7 Å². The van der Waals surface area contributed by atoms with Crippen molar-refractivity contribution in [1.82, 2.24) is 5.32 Å². The number of nitrogens with one attached hydrogen (secondary N) is 1. The van der Waals surface area contributed by atoms with Gasteiger partial charge in [-0.25, -0.2) is 0 Å². The third-order valence-electron chi connectivity index (χ3n) is 0.758. The summed E-state index contributed by atoms with van der Waals surface area (Å²) >= 11 is 0. The van der Waals surface area contributed by atoms with E-state index >= 15 is 0 Å². The van der Waals surface area contributed by atoms with E-state index in [1.807, 2.05) is 0 Å². The summed E-state index contributed by atoms with van der Waals surface area (Å²) in [4.78, 5) is 10.4. The second kappa shape index (κ2) is 5.31. The van der Waals surface area contributed by atoms with E-state index in [2.05, 4.69) is 11.9 Å². The molecule has 2 N–H and O–H groups in total. The van der Waals surface area contributed by atoms with Crippen LogP contribution >= 0.6 is 0 Å². The van der Waals surface area contributed by atoms with Crippen LogP contribution in [0, 0.1) is 6.61 Å². The molecule has 0 aliphatic heterocycles. The summed E-state index contributed by atoms with van der Waals surface area (Å²) in [6.45, 7) is 4.72. The summed E-state index contributed by atoms with van der Waals surface area (Å²) in [5.41, 5.74) is 0. The van der Waals surface area contributed by atoms with Crippen LogP contribution in [0.2, 0.25) is 0 Å². The summed E-state index contributed by atoms with van der Waals surface area (Å²) in [5.74, 6) is -0.211. The number of aliphatic hydroxyl groups excluding tert-OH is 1. The Balaban J connectivity index is 3.07. The topological polar surface area (TPSA) is 49.3 Å². The van der Waals surface area contributed by atoms with Gasteiger partial charge in [0.2, 0.25) is 5.91 Å². The van der Waals surface area contributed by atoms with Crippen molar-refractivity contribution in [3.05, 3.63) is 19.3 Å². The summed E-state index contributed by atoms with van der Waals surface area (Å²) < 4.78 is 0. The van der Waals surface area contributed by atoms with Crippen LogP contribution in [0.4, 0.5) is 0 Å². The molecule has 3 nitrogen and oxygen atoms in total. The molecule has 3 heteroatoms. The molecule has 9 heavy (non-hydrogen) atoms. The predicted octanol–water partition coefficient (Wildman–Crippen LogP) is 0.213. The first-order valence-electron chi connectivity index (χ1n) is 2.67. The van der Waals surface area contributed by atoms with Crippen LogP contribution < -0.4 is 5.32 Å². The van der Waals surface area contributed by atoms with Gasteiger partial charge in [-0.05, 0) is 12.5 Å². The zero-order valence-corrected chi connectivity index (χ0v) is 5.13. The first-order valence-corrected chi connectivity index (χ1v) is 2.67. The van der Waals surface area contributed by atoms with Gasteiger partial charge in [-0.2, -0.15) is 0 Å². The van der Waals surface area contributed by atoms with E-state index in [1.165, 1.54) is 6.08 Å². The lowest BCUT2D eigenvalue weighted by atomic mass is 10.4. The Morgan fingerprint density at radius 2 is 2.44 bits per heavy atom. The average molecular weight is 128 g/mol. The highest BCUT2D eigenvalue weighted by Crippen LogP contribution is 1.77. The molecule has 0 unspecified atom stereocenters. The van der Waals surface area contributed by atoms with Gasteiger partial charge < -0.3 is 10.4 Å².